The second kappa shape index (κ2) is 3.41. The van der Waals surface area contributed by atoms with E-state index in [1.165, 1.54) is 24.2 Å². The third kappa shape index (κ3) is 1.55. The van der Waals surface area contributed by atoms with Crippen LogP contribution >= 0.6 is 0 Å². The summed E-state index contributed by atoms with van der Waals surface area (Å²) < 4.78 is 5.52. The molecule has 70 valence electrons. The first-order chi connectivity index (χ1) is 6.36. The summed E-state index contributed by atoms with van der Waals surface area (Å²) in [5, 5.41) is 0. The van der Waals surface area contributed by atoms with E-state index in [2.05, 4.69) is 25.1 Å². The van der Waals surface area contributed by atoms with Gasteiger partial charge in [-0.25, -0.2) is 0 Å². The molecule has 0 bridgehead atoms. The summed E-state index contributed by atoms with van der Waals surface area (Å²) in [7, 11) is 0. The minimum absolute atomic E-state index is 0.700. The quantitative estimate of drug-likeness (QED) is 0.682. The Bertz CT molecular complexity index is 309. The second-order valence-electron chi connectivity index (χ2n) is 3.75. The summed E-state index contributed by atoms with van der Waals surface area (Å²) in [5.74, 6) is 2.77. The Balaban J connectivity index is 2.16. The lowest BCUT2D eigenvalue weighted by Gasteiger charge is -1.95. The van der Waals surface area contributed by atoms with Gasteiger partial charge in [0.2, 0.25) is 0 Å². The first-order valence-electron chi connectivity index (χ1n) is 5.07. The Labute approximate surface area is 79.4 Å². The van der Waals surface area contributed by atoms with Crippen LogP contribution in [0.1, 0.15) is 43.9 Å². The summed E-state index contributed by atoms with van der Waals surface area (Å²) in [5.41, 5.74) is 1.27. The van der Waals surface area contributed by atoms with Gasteiger partial charge >= 0.3 is 0 Å². The van der Waals surface area contributed by atoms with Crippen LogP contribution in [0.15, 0.2) is 22.8 Å². The average molecular weight is 176 g/mol. The molecule has 0 saturated heterocycles. The third-order valence-corrected chi connectivity index (χ3v) is 2.86. The molecule has 1 aromatic heterocycles. The second-order valence-corrected chi connectivity index (χ2v) is 3.75. The number of hydrogen-bond donors (Lipinski definition) is 0. The largest absolute Gasteiger partial charge is 0.468 e. The molecule has 1 aromatic rings. The van der Waals surface area contributed by atoms with E-state index in [1.807, 2.05) is 6.92 Å². The predicted molar refractivity (Wildman–Crippen MR) is 54.6 cm³/mol. The number of allylic oxidation sites excluding steroid dienone is 1. The van der Waals surface area contributed by atoms with E-state index in [4.69, 9.17) is 4.42 Å². The number of rotatable bonds is 3. The fourth-order valence-corrected chi connectivity index (χ4v) is 1.97. The zero-order chi connectivity index (χ0) is 9.26. The maximum atomic E-state index is 5.52. The Morgan fingerprint density at radius 3 is 3.08 bits per heavy atom. The molecular weight excluding hydrogens is 160 g/mol. The number of furan rings is 1. The first kappa shape index (κ1) is 8.61. The fourth-order valence-electron chi connectivity index (χ4n) is 1.97. The summed E-state index contributed by atoms with van der Waals surface area (Å²) in [4.78, 5) is 0. The van der Waals surface area contributed by atoms with Crippen molar-refractivity contribution in [2.24, 2.45) is 5.92 Å². The molecule has 0 N–H and O–H groups in total. The van der Waals surface area contributed by atoms with Crippen molar-refractivity contribution < 1.29 is 4.42 Å². The van der Waals surface area contributed by atoms with Crippen LogP contribution in [0.2, 0.25) is 0 Å². The first-order valence-corrected chi connectivity index (χ1v) is 5.07. The minimum atomic E-state index is 0.700. The van der Waals surface area contributed by atoms with Gasteiger partial charge in [-0.1, -0.05) is 25.5 Å². The van der Waals surface area contributed by atoms with Gasteiger partial charge in [-0.3, -0.25) is 0 Å². The van der Waals surface area contributed by atoms with Crippen molar-refractivity contribution in [1.29, 1.82) is 0 Å². The lowest BCUT2D eigenvalue weighted by atomic mass is 10.1. The van der Waals surface area contributed by atoms with Crippen molar-refractivity contribution in [3.63, 3.8) is 0 Å². The van der Waals surface area contributed by atoms with Gasteiger partial charge < -0.3 is 4.42 Å². The molecule has 13 heavy (non-hydrogen) atoms. The van der Waals surface area contributed by atoms with Crippen molar-refractivity contribution >= 4 is 6.08 Å². The Morgan fingerprint density at radius 2 is 2.46 bits per heavy atom. The molecule has 1 nitrogen and oxygen atoms in total. The Hall–Kier alpha value is -0.980. The van der Waals surface area contributed by atoms with Crippen LogP contribution in [0.3, 0.4) is 0 Å². The topological polar surface area (TPSA) is 13.1 Å². The van der Waals surface area contributed by atoms with E-state index >= 15 is 0 Å². The van der Waals surface area contributed by atoms with Gasteiger partial charge in [0.1, 0.15) is 5.76 Å². The summed E-state index contributed by atoms with van der Waals surface area (Å²) >= 11 is 0. The van der Waals surface area contributed by atoms with Crippen molar-refractivity contribution in [2.45, 2.75) is 32.6 Å². The van der Waals surface area contributed by atoms with Crippen LogP contribution in [-0.4, -0.2) is 0 Å². The molecule has 2 rings (SSSR count). The molecule has 1 aliphatic carbocycles. The molecule has 1 aliphatic rings. The monoisotopic (exact) mass is 176 g/mol. The molecule has 2 atom stereocenters. The lowest BCUT2D eigenvalue weighted by Crippen LogP contribution is -1.81. The van der Waals surface area contributed by atoms with Crippen LogP contribution in [-0.2, 0) is 0 Å². The van der Waals surface area contributed by atoms with Crippen LogP contribution < -0.4 is 0 Å². The average Bonchev–Trinajstić information content (AvgIpc) is 2.79. The van der Waals surface area contributed by atoms with E-state index in [0.29, 0.717) is 5.92 Å². The zero-order valence-electron chi connectivity index (χ0n) is 8.29. The summed E-state index contributed by atoms with van der Waals surface area (Å²) in [6.07, 6.45) is 8.59. The van der Waals surface area contributed by atoms with E-state index in [1.54, 1.807) is 6.26 Å². The van der Waals surface area contributed by atoms with Crippen molar-refractivity contribution in [3.8, 4) is 0 Å². The molecule has 2 unspecified atom stereocenters. The summed E-state index contributed by atoms with van der Waals surface area (Å²) in [6, 6.07) is 2.06. The molecule has 0 aliphatic heterocycles. The highest BCUT2D eigenvalue weighted by Gasteiger charge is 2.39. The van der Waals surface area contributed by atoms with Crippen LogP contribution in [0.5, 0.6) is 0 Å². The Morgan fingerprint density at radius 1 is 1.62 bits per heavy atom. The van der Waals surface area contributed by atoms with Crippen LogP contribution in [0.4, 0.5) is 0 Å². The van der Waals surface area contributed by atoms with Crippen LogP contribution in [0, 0.1) is 5.92 Å². The van der Waals surface area contributed by atoms with Crippen LogP contribution in [0.25, 0.3) is 6.08 Å². The predicted octanol–water partition coefficient (Wildman–Crippen LogP) is 3.83. The molecule has 1 saturated carbocycles. The molecule has 0 radical (unpaired) electrons. The minimum Gasteiger partial charge on any atom is -0.468 e. The highest BCUT2D eigenvalue weighted by atomic mass is 16.3. The van der Waals surface area contributed by atoms with Gasteiger partial charge in [0, 0.05) is 11.5 Å². The standard InChI is InChI=1S/C12H16O/c1-3-5-10-6-7-13-12(10)11-8-9(11)4-2/h3,5-7,9,11H,4,8H2,1-2H3/b5-3-. The normalized spacial score (nSPS) is 26.9. The molecule has 0 spiro atoms. The molecular formula is C12H16O. The van der Waals surface area contributed by atoms with E-state index in [9.17, 15) is 0 Å². The molecule has 0 aromatic carbocycles. The Kier molecular flexibility index (Phi) is 2.26. The van der Waals surface area contributed by atoms with Gasteiger partial charge in [0.05, 0.1) is 6.26 Å². The highest BCUT2D eigenvalue weighted by Crippen LogP contribution is 2.50. The van der Waals surface area contributed by atoms with Gasteiger partial charge in [-0.2, -0.15) is 0 Å². The number of hydrogen-bond acceptors (Lipinski definition) is 1. The van der Waals surface area contributed by atoms with Crippen molar-refractivity contribution in [3.05, 3.63) is 29.7 Å². The maximum absolute atomic E-state index is 5.52. The molecule has 1 heteroatoms. The van der Waals surface area contributed by atoms with E-state index in [-0.39, 0.29) is 0 Å². The lowest BCUT2D eigenvalue weighted by molar-refractivity contribution is 0.501. The maximum Gasteiger partial charge on any atom is 0.114 e. The highest BCUT2D eigenvalue weighted by molar-refractivity contribution is 5.52. The molecule has 1 heterocycles. The SMILES string of the molecule is C/C=C\c1ccoc1C1CC1CC. The summed E-state index contributed by atoms with van der Waals surface area (Å²) in [6.45, 7) is 4.30. The van der Waals surface area contributed by atoms with Crippen molar-refractivity contribution in [2.75, 3.05) is 0 Å². The third-order valence-electron chi connectivity index (χ3n) is 2.86. The van der Waals surface area contributed by atoms with Gasteiger partial charge in [-0.15, -0.1) is 0 Å². The van der Waals surface area contributed by atoms with Gasteiger partial charge in [-0.05, 0) is 25.3 Å². The molecule has 1 fully saturated rings. The van der Waals surface area contributed by atoms with E-state index in [0.717, 1.165) is 5.92 Å². The fraction of sp³-hybridized carbons (Fsp3) is 0.500. The molecule has 0 amide bonds. The van der Waals surface area contributed by atoms with Gasteiger partial charge in [0.25, 0.3) is 0 Å². The zero-order valence-corrected chi connectivity index (χ0v) is 8.29. The smallest absolute Gasteiger partial charge is 0.114 e. The van der Waals surface area contributed by atoms with Gasteiger partial charge in [0.15, 0.2) is 0 Å². The van der Waals surface area contributed by atoms with E-state index < -0.39 is 0 Å². The van der Waals surface area contributed by atoms with Crippen molar-refractivity contribution in [1.82, 2.24) is 0 Å².